The molecule has 0 atom stereocenters. The summed E-state index contributed by atoms with van der Waals surface area (Å²) in [6.45, 7) is 0.0940. The SMILES string of the molecule is O=C(CCOCC(F)F)NCCCCCBr. The third kappa shape index (κ3) is 11.8. The van der Waals surface area contributed by atoms with Gasteiger partial charge in [0.15, 0.2) is 0 Å². The van der Waals surface area contributed by atoms with Crippen LogP contribution in [0.15, 0.2) is 0 Å². The van der Waals surface area contributed by atoms with Gasteiger partial charge in [-0.15, -0.1) is 0 Å². The molecule has 1 amide bonds. The molecule has 16 heavy (non-hydrogen) atoms. The van der Waals surface area contributed by atoms with Gasteiger partial charge in [0.1, 0.15) is 6.61 Å². The first-order chi connectivity index (χ1) is 7.66. The van der Waals surface area contributed by atoms with Crippen LogP contribution < -0.4 is 5.32 Å². The van der Waals surface area contributed by atoms with Crippen molar-refractivity contribution in [2.75, 3.05) is 25.1 Å². The minimum absolute atomic E-state index is 0.0531. The zero-order valence-electron chi connectivity index (χ0n) is 9.18. The van der Waals surface area contributed by atoms with E-state index in [0.29, 0.717) is 6.54 Å². The molecule has 0 rings (SSSR count). The fourth-order valence-electron chi connectivity index (χ4n) is 1.05. The molecule has 0 aliphatic carbocycles. The maximum absolute atomic E-state index is 11.7. The first kappa shape index (κ1) is 15.8. The topological polar surface area (TPSA) is 38.3 Å². The summed E-state index contributed by atoms with van der Waals surface area (Å²) >= 11 is 3.32. The van der Waals surface area contributed by atoms with Crippen LogP contribution in [0, 0.1) is 0 Å². The second-order valence-corrected chi connectivity index (χ2v) is 4.11. The van der Waals surface area contributed by atoms with Gasteiger partial charge in [-0.3, -0.25) is 4.79 Å². The summed E-state index contributed by atoms with van der Waals surface area (Å²) in [4.78, 5) is 11.1. The van der Waals surface area contributed by atoms with Crippen LogP contribution in [-0.2, 0) is 9.53 Å². The molecule has 0 aromatic rings. The van der Waals surface area contributed by atoms with E-state index in [1.807, 2.05) is 0 Å². The highest BCUT2D eigenvalue weighted by molar-refractivity contribution is 9.09. The summed E-state index contributed by atoms with van der Waals surface area (Å²) in [5.74, 6) is -0.145. The Hall–Kier alpha value is -0.230. The average Bonchev–Trinajstić information content (AvgIpc) is 2.24. The molecule has 0 aromatic carbocycles. The summed E-state index contributed by atoms with van der Waals surface area (Å²) in [6.07, 6.45) is 0.772. The maximum atomic E-state index is 11.7. The molecular weight excluding hydrogens is 284 g/mol. The van der Waals surface area contributed by atoms with Gasteiger partial charge in [-0.1, -0.05) is 22.4 Å². The second kappa shape index (κ2) is 11.3. The normalized spacial score (nSPS) is 10.8. The molecule has 1 N–H and O–H groups in total. The molecule has 0 spiro atoms. The summed E-state index contributed by atoms with van der Waals surface area (Å²) in [5, 5.41) is 3.68. The summed E-state index contributed by atoms with van der Waals surface area (Å²) in [7, 11) is 0. The Bertz CT molecular complexity index is 182. The molecular formula is C10H18BrF2NO2. The predicted molar refractivity (Wildman–Crippen MR) is 62.1 cm³/mol. The third-order valence-corrected chi connectivity index (χ3v) is 2.41. The maximum Gasteiger partial charge on any atom is 0.261 e. The van der Waals surface area contributed by atoms with E-state index >= 15 is 0 Å². The zero-order valence-corrected chi connectivity index (χ0v) is 10.8. The van der Waals surface area contributed by atoms with Crippen LogP contribution in [0.3, 0.4) is 0 Å². The minimum Gasteiger partial charge on any atom is -0.375 e. The lowest BCUT2D eigenvalue weighted by Gasteiger charge is -2.05. The highest BCUT2D eigenvalue weighted by Crippen LogP contribution is 1.97. The minimum atomic E-state index is -2.47. The number of nitrogens with one attached hydrogen (secondary N) is 1. The van der Waals surface area contributed by atoms with Crippen molar-refractivity contribution in [3.05, 3.63) is 0 Å². The molecule has 0 unspecified atom stereocenters. The number of carbonyl (C=O) groups excluding carboxylic acids is 1. The number of alkyl halides is 3. The molecule has 0 aliphatic rings. The fourth-order valence-corrected chi connectivity index (χ4v) is 1.45. The highest BCUT2D eigenvalue weighted by atomic mass is 79.9. The van der Waals surface area contributed by atoms with Crippen molar-refractivity contribution in [2.24, 2.45) is 0 Å². The average molecular weight is 302 g/mol. The van der Waals surface area contributed by atoms with Gasteiger partial charge < -0.3 is 10.1 Å². The standard InChI is InChI=1S/C10H18BrF2NO2/c11-5-2-1-3-6-14-10(15)4-7-16-8-9(12)13/h9H,1-8H2,(H,14,15). The Labute approximate surface area is 103 Å². The molecule has 0 aromatic heterocycles. The number of amides is 1. The first-order valence-electron chi connectivity index (χ1n) is 5.35. The first-order valence-corrected chi connectivity index (χ1v) is 6.47. The van der Waals surface area contributed by atoms with E-state index in [0.717, 1.165) is 24.6 Å². The van der Waals surface area contributed by atoms with E-state index in [9.17, 15) is 13.6 Å². The molecule has 6 heteroatoms. The van der Waals surface area contributed by atoms with Gasteiger partial charge in [-0.05, 0) is 12.8 Å². The molecule has 0 saturated carbocycles. The highest BCUT2D eigenvalue weighted by Gasteiger charge is 2.04. The van der Waals surface area contributed by atoms with Crippen LogP contribution in [-0.4, -0.2) is 37.4 Å². The van der Waals surface area contributed by atoms with Crippen molar-refractivity contribution in [1.29, 1.82) is 0 Å². The Morgan fingerprint density at radius 3 is 2.69 bits per heavy atom. The third-order valence-electron chi connectivity index (χ3n) is 1.85. The molecule has 0 aliphatic heterocycles. The van der Waals surface area contributed by atoms with Crippen molar-refractivity contribution in [3.8, 4) is 0 Å². The van der Waals surface area contributed by atoms with E-state index in [1.165, 1.54) is 0 Å². The summed E-state index contributed by atoms with van der Waals surface area (Å²) < 4.78 is 27.9. The number of carbonyl (C=O) groups is 1. The molecule has 3 nitrogen and oxygen atoms in total. The van der Waals surface area contributed by atoms with E-state index in [2.05, 4.69) is 26.0 Å². The number of unbranched alkanes of at least 4 members (excludes halogenated alkanes) is 2. The molecule has 96 valence electrons. The molecule has 0 heterocycles. The number of halogens is 3. The van der Waals surface area contributed by atoms with Crippen molar-refractivity contribution >= 4 is 21.8 Å². The second-order valence-electron chi connectivity index (χ2n) is 3.32. The summed E-state index contributed by atoms with van der Waals surface area (Å²) in [5.41, 5.74) is 0. The Morgan fingerprint density at radius 2 is 2.06 bits per heavy atom. The van der Waals surface area contributed by atoms with Gasteiger partial charge in [0.05, 0.1) is 6.61 Å². The quantitative estimate of drug-likeness (QED) is 0.497. The van der Waals surface area contributed by atoms with Crippen molar-refractivity contribution < 1.29 is 18.3 Å². The van der Waals surface area contributed by atoms with Gasteiger partial charge in [0, 0.05) is 18.3 Å². The van der Waals surface area contributed by atoms with Gasteiger partial charge >= 0.3 is 0 Å². The molecule has 0 fully saturated rings. The number of ether oxygens (including phenoxy) is 1. The van der Waals surface area contributed by atoms with Gasteiger partial charge in [0.2, 0.25) is 5.91 Å². The lowest BCUT2D eigenvalue weighted by Crippen LogP contribution is -2.25. The zero-order chi connectivity index (χ0) is 12.2. The van der Waals surface area contributed by atoms with Crippen LogP contribution in [0.5, 0.6) is 0 Å². The van der Waals surface area contributed by atoms with Crippen LogP contribution in [0.25, 0.3) is 0 Å². The lowest BCUT2D eigenvalue weighted by molar-refractivity contribution is -0.122. The number of rotatable bonds is 10. The van der Waals surface area contributed by atoms with Crippen LogP contribution in [0.4, 0.5) is 8.78 Å². The molecule has 0 radical (unpaired) electrons. The van der Waals surface area contributed by atoms with E-state index < -0.39 is 13.0 Å². The predicted octanol–water partition coefficient (Wildman–Crippen LogP) is 2.34. The largest absolute Gasteiger partial charge is 0.375 e. The smallest absolute Gasteiger partial charge is 0.261 e. The Kier molecular flexibility index (Phi) is 11.1. The lowest BCUT2D eigenvalue weighted by atomic mass is 10.2. The van der Waals surface area contributed by atoms with Crippen molar-refractivity contribution in [3.63, 3.8) is 0 Å². The number of hydrogen-bond donors (Lipinski definition) is 1. The van der Waals surface area contributed by atoms with Crippen molar-refractivity contribution in [1.82, 2.24) is 5.32 Å². The molecule has 0 bridgehead atoms. The van der Waals surface area contributed by atoms with Gasteiger partial charge in [0.25, 0.3) is 6.43 Å². The summed E-state index contributed by atoms with van der Waals surface area (Å²) in [6, 6.07) is 0. The van der Waals surface area contributed by atoms with Crippen LogP contribution in [0.2, 0.25) is 0 Å². The van der Waals surface area contributed by atoms with E-state index in [-0.39, 0.29) is 18.9 Å². The fraction of sp³-hybridized carbons (Fsp3) is 0.900. The Morgan fingerprint density at radius 1 is 1.31 bits per heavy atom. The van der Waals surface area contributed by atoms with Gasteiger partial charge in [-0.25, -0.2) is 8.78 Å². The van der Waals surface area contributed by atoms with Crippen molar-refractivity contribution in [2.45, 2.75) is 32.1 Å². The van der Waals surface area contributed by atoms with E-state index in [4.69, 9.17) is 0 Å². The van der Waals surface area contributed by atoms with Gasteiger partial charge in [-0.2, -0.15) is 0 Å². The molecule has 0 saturated heterocycles. The monoisotopic (exact) mass is 301 g/mol. The Balaban J connectivity index is 3.18. The number of hydrogen-bond acceptors (Lipinski definition) is 2. The van der Waals surface area contributed by atoms with Crippen LogP contribution in [0.1, 0.15) is 25.7 Å². The van der Waals surface area contributed by atoms with Crippen LogP contribution >= 0.6 is 15.9 Å². The van der Waals surface area contributed by atoms with E-state index in [1.54, 1.807) is 0 Å².